The van der Waals surface area contributed by atoms with E-state index in [9.17, 15) is 0 Å². The summed E-state index contributed by atoms with van der Waals surface area (Å²) in [6, 6.07) is 76.0. The van der Waals surface area contributed by atoms with E-state index in [2.05, 4.69) is 205 Å². The minimum atomic E-state index is 0.907. The van der Waals surface area contributed by atoms with Crippen LogP contribution in [0.2, 0.25) is 0 Å². The summed E-state index contributed by atoms with van der Waals surface area (Å²) in [6.45, 7) is 0. The third-order valence-electron chi connectivity index (χ3n) is 10.5. The summed E-state index contributed by atoms with van der Waals surface area (Å²) < 4.78 is 6.10. The molecule has 1 aromatic heterocycles. The fraction of sp³-hybridized carbons (Fsp3) is 0. The van der Waals surface area contributed by atoms with Crippen molar-refractivity contribution in [2.24, 2.45) is 0 Å². The fourth-order valence-corrected chi connectivity index (χ4v) is 7.66. The van der Waals surface area contributed by atoms with Crippen LogP contribution in [0.15, 0.2) is 217 Å². The first kappa shape index (κ1) is 31.6. The van der Waals surface area contributed by atoms with E-state index in [-0.39, 0.29) is 0 Å². The van der Waals surface area contributed by atoms with Gasteiger partial charge in [0.15, 0.2) is 0 Å². The first-order valence-electron chi connectivity index (χ1n) is 18.4. The Balaban J connectivity index is 1.01. The molecule has 0 saturated carbocycles. The summed E-state index contributed by atoms with van der Waals surface area (Å²) in [5, 5.41) is 4.78. The predicted molar refractivity (Wildman–Crippen MR) is 228 cm³/mol. The van der Waals surface area contributed by atoms with Crippen molar-refractivity contribution in [1.82, 2.24) is 0 Å². The molecule has 0 bridgehead atoms. The van der Waals surface area contributed by atoms with Crippen molar-refractivity contribution in [1.29, 1.82) is 0 Å². The molecule has 0 aliphatic rings. The van der Waals surface area contributed by atoms with Crippen molar-refractivity contribution in [3.05, 3.63) is 212 Å². The van der Waals surface area contributed by atoms with E-state index in [1.54, 1.807) is 0 Å². The van der Waals surface area contributed by atoms with Gasteiger partial charge in [-0.3, -0.25) is 0 Å². The Morgan fingerprint density at radius 1 is 0.259 bits per heavy atom. The van der Waals surface area contributed by atoms with Gasteiger partial charge in [0, 0.05) is 27.8 Å². The van der Waals surface area contributed by atoms with Crippen LogP contribution in [0.3, 0.4) is 0 Å². The van der Waals surface area contributed by atoms with Crippen LogP contribution in [0.5, 0.6) is 0 Å². The minimum Gasteiger partial charge on any atom is -0.456 e. The summed E-state index contributed by atoms with van der Waals surface area (Å²) >= 11 is 0. The minimum absolute atomic E-state index is 0.907. The van der Waals surface area contributed by atoms with Crippen LogP contribution in [-0.4, -0.2) is 0 Å². The lowest BCUT2D eigenvalue weighted by atomic mass is 9.97. The number of benzene rings is 9. The molecule has 0 radical (unpaired) electrons. The zero-order chi connectivity index (χ0) is 35.8. The third kappa shape index (κ3) is 5.90. The molecule has 0 unspecified atom stereocenters. The third-order valence-corrected chi connectivity index (χ3v) is 10.5. The highest BCUT2D eigenvalue weighted by Gasteiger charge is 2.15. The quantitative estimate of drug-likeness (QED) is 0.166. The number of para-hydroxylation sites is 1. The zero-order valence-corrected chi connectivity index (χ0v) is 29.6. The molecule has 0 atom stereocenters. The van der Waals surface area contributed by atoms with Crippen molar-refractivity contribution in [2.75, 3.05) is 4.90 Å². The molecule has 0 fully saturated rings. The number of nitrogens with zero attached hydrogens (tertiary/aromatic N) is 1. The van der Waals surface area contributed by atoms with E-state index >= 15 is 0 Å². The highest BCUT2D eigenvalue weighted by Crippen LogP contribution is 2.39. The van der Waals surface area contributed by atoms with Gasteiger partial charge in [0.05, 0.1) is 0 Å². The van der Waals surface area contributed by atoms with Crippen LogP contribution >= 0.6 is 0 Å². The van der Waals surface area contributed by atoms with Crippen LogP contribution in [0.25, 0.3) is 77.2 Å². The van der Waals surface area contributed by atoms with Crippen LogP contribution in [-0.2, 0) is 0 Å². The van der Waals surface area contributed by atoms with Crippen LogP contribution in [0.4, 0.5) is 17.1 Å². The molecular weight excluding hydrogens is 655 g/mol. The molecule has 2 heteroatoms. The number of anilines is 3. The average Bonchev–Trinajstić information content (AvgIpc) is 3.63. The number of furan rings is 1. The largest absolute Gasteiger partial charge is 0.456 e. The SMILES string of the molecule is c1ccc(-c2cccc(N(c3ccc(-c4cccc(-c5ccc6ccccc6c5)c4)cc3)c3ccc(-c4ccc5oc6ccccc6c5c4)cc3)c2)cc1. The van der Waals surface area contributed by atoms with Crippen molar-refractivity contribution >= 4 is 49.8 Å². The van der Waals surface area contributed by atoms with Crippen LogP contribution in [0, 0.1) is 0 Å². The first-order chi connectivity index (χ1) is 26.7. The van der Waals surface area contributed by atoms with E-state index in [4.69, 9.17) is 4.42 Å². The maximum atomic E-state index is 6.10. The summed E-state index contributed by atoms with van der Waals surface area (Å²) in [7, 11) is 0. The van der Waals surface area contributed by atoms with Crippen LogP contribution < -0.4 is 4.90 Å². The number of hydrogen-bond acceptors (Lipinski definition) is 2. The van der Waals surface area contributed by atoms with Gasteiger partial charge in [0.2, 0.25) is 0 Å². The van der Waals surface area contributed by atoms with Crippen molar-refractivity contribution in [3.63, 3.8) is 0 Å². The zero-order valence-electron chi connectivity index (χ0n) is 29.6. The molecule has 54 heavy (non-hydrogen) atoms. The normalized spacial score (nSPS) is 11.3. The van der Waals surface area contributed by atoms with Gasteiger partial charge in [-0.25, -0.2) is 0 Å². The Morgan fingerprint density at radius 3 is 1.52 bits per heavy atom. The molecule has 254 valence electrons. The average molecular weight is 690 g/mol. The van der Waals surface area contributed by atoms with Gasteiger partial charge >= 0.3 is 0 Å². The second-order valence-corrected chi connectivity index (χ2v) is 13.8. The molecule has 10 rings (SSSR count). The van der Waals surface area contributed by atoms with E-state index in [1.807, 2.05) is 12.1 Å². The topological polar surface area (TPSA) is 16.4 Å². The molecule has 10 aromatic rings. The Bertz CT molecular complexity index is 2920. The van der Waals surface area contributed by atoms with Gasteiger partial charge in [-0.2, -0.15) is 0 Å². The molecular formula is C52H35NO. The molecule has 0 saturated heterocycles. The fourth-order valence-electron chi connectivity index (χ4n) is 7.66. The van der Waals surface area contributed by atoms with E-state index in [0.717, 1.165) is 50.1 Å². The van der Waals surface area contributed by atoms with Gasteiger partial charge in [-0.05, 0) is 122 Å². The summed E-state index contributed by atoms with van der Waals surface area (Å²) in [5.41, 5.74) is 14.6. The van der Waals surface area contributed by atoms with E-state index in [0.29, 0.717) is 0 Å². The highest BCUT2D eigenvalue weighted by molar-refractivity contribution is 6.06. The Morgan fingerprint density at radius 2 is 0.759 bits per heavy atom. The number of rotatable bonds is 7. The molecule has 2 nitrogen and oxygen atoms in total. The summed E-state index contributed by atoms with van der Waals surface area (Å²) in [6.07, 6.45) is 0. The van der Waals surface area contributed by atoms with Gasteiger partial charge in [0.1, 0.15) is 11.2 Å². The van der Waals surface area contributed by atoms with E-state index in [1.165, 1.54) is 44.2 Å². The van der Waals surface area contributed by atoms with E-state index < -0.39 is 0 Å². The lowest BCUT2D eigenvalue weighted by Crippen LogP contribution is -2.10. The maximum Gasteiger partial charge on any atom is 0.135 e. The van der Waals surface area contributed by atoms with Gasteiger partial charge < -0.3 is 9.32 Å². The Labute approximate surface area is 314 Å². The lowest BCUT2D eigenvalue weighted by Gasteiger charge is -2.26. The molecule has 0 amide bonds. The molecule has 9 aromatic carbocycles. The second kappa shape index (κ2) is 13.4. The lowest BCUT2D eigenvalue weighted by molar-refractivity contribution is 0.669. The molecule has 0 N–H and O–H groups in total. The maximum absolute atomic E-state index is 6.10. The highest BCUT2D eigenvalue weighted by atomic mass is 16.3. The van der Waals surface area contributed by atoms with Gasteiger partial charge in [-0.15, -0.1) is 0 Å². The Kier molecular flexibility index (Phi) is 7.85. The summed E-state index contributed by atoms with van der Waals surface area (Å²) in [5.74, 6) is 0. The molecule has 0 aliphatic heterocycles. The van der Waals surface area contributed by atoms with Gasteiger partial charge in [0.25, 0.3) is 0 Å². The number of fused-ring (bicyclic) bond motifs is 4. The van der Waals surface area contributed by atoms with Crippen molar-refractivity contribution in [2.45, 2.75) is 0 Å². The van der Waals surface area contributed by atoms with Crippen molar-refractivity contribution in [3.8, 4) is 44.5 Å². The second-order valence-electron chi connectivity index (χ2n) is 13.8. The predicted octanol–water partition coefficient (Wildman–Crippen LogP) is 14.9. The molecule has 1 heterocycles. The van der Waals surface area contributed by atoms with Crippen LogP contribution in [0.1, 0.15) is 0 Å². The standard InChI is InChI=1S/C52H35NO/c1-2-10-36(11-3-1)43-16-9-17-48(34-43)53(47-29-24-39(25-30-47)45-26-31-52-50(35-45)49-18-6-7-19-51(49)54-52)46-27-22-38(23-28-46)41-14-8-15-42(32-41)44-21-20-37-12-4-5-13-40(37)33-44/h1-35H. The number of hydrogen-bond donors (Lipinski definition) is 0. The van der Waals surface area contributed by atoms with Crippen molar-refractivity contribution < 1.29 is 4.42 Å². The molecule has 0 spiro atoms. The Hall–Kier alpha value is -7.16. The summed E-state index contributed by atoms with van der Waals surface area (Å²) in [4.78, 5) is 2.35. The smallest absolute Gasteiger partial charge is 0.135 e. The molecule has 0 aliphatic carbocycles. The first-order valence-corrected chi connectivity index (χ1v) is 18.4. The van der Waals surface area contributed by atoms with Gasteiger partial charge in [-0.1, -0.05) is 146 Å². The monoisotopic (exact) mass is 689 g/mol.